The molecule has 24 heavy (non-hydrogen) atoms. The van der Waals surface area contributed by atoms with E-state index in [2.05, 4.69) is 14.6 Å². The van der Waals surface area contributed by atoms with Crippen LogP contribution in [0.1, 0.15) is 25.6 Å². The Kier molecular flexibility index (Phi) is 5.82. The zero-order valence-corrected chi connectivity index (χ0v) is 15.3. The van der Waals surface area contributed by atoms with Gasteiger partial charge in [0.25, 0.3) is 0 Å². The summed E-state index contributed by atoms with van der Waals surface area (Å²) in [6, 6.07) is 0. The van der Waals surface area contributed by atoms with Crippen molar-refractivity contribution in [2.24, 2.45) is 0 Å². The summed E-state index contributed by atoms with van der Waals surface area (Å²) >= 11 is 1.50. The lowest BCUT2D eigenvalue weighted by molar-refractivity contribution is -0.134. The molecule has 0 bridgehead atoms. The van der Waals surface area contributed by atoms with Crippen molar-refractivity contribution in [3.05, 3.63) is 17.2 Å². The molecule has 0 aliphatic carbocycles. The summed E-state index contributed by atoms with van der Waals surface area (Å²) in [7, 11) is 1.34. The molecule has 1 aliphatic heterocycles. The van der Waals surface area contributed by atoms with Gasteiger partial charge in [-0.25, -0.2) is 14.6 Å². The van der Waals surface area contributed by atoms with E-state index in [0.717, 1.165) is 10.0 Å². The van der Waals surface area contributed by atoms with Crippen molar-refractivity contribution < 1.29 is 19.1 Å². The second kappa shape index (κ2) is 7.65. The number of esters is 1. The maximum Gasteiger partial charge on any atom is 0.410 e. The van der Waals surface area contributed by atoms with E-state index in [9.17, 15) is 9.59 Å². The molecule has 0 radical (unpaired) electrons. The van der Waals surface area contributed by atoms with Crippen LogP contribution in [0.5, 0.6) is 0 Å². The lowest BCUT2D eigenvalue weighted by Crippen LogP contribution is -2.50. The van der Waals surface area contributed by atoms with Gasteiger partial charge in [0, 0.05) is 43.3 Å². The molecule has 1 fully saturated rings. The van der Waals surface area contributed by atoms with Gasteiger partial charge in [0.05, 0.1) is 7.11 Å². The minimum atomic E-state index is -0.482. The van der Waals surface area contributed by atoms with Gasteiger partial charge in [-0.15, -0.1) is 0 Å². The van der Waals surface area contributed by atoms with Gasteiger partial charge in [-0.3, -0.25) is 0 Å². The molecular formula is C16H23N3O4S. The predicted molar refractivity (Wildman–Crippen MR) is 93.2 cm³/mol. The van der Waals surface area contributed by atoms with Crippen molar-refractivity contribution in [3.63, 3.8) is 0 Å². The third kappa shape index (κ3) is 5.23. The number of carbonyl (C=O) groups excluding carboxylic acids is 2. The number of hydrogen-bond acceptors (Lipinski definition) is 7. The Morgan fingerprint density at radius 1 is 1.25 bits per heavy atom. The minimum absolute atomic E-state index is 0.275. The number of ether oxygens (including phenoxy) is 2. The van der Waals surface area contributed by atoms with Crippen LogP contribution >= 0.6 is 11.3 Å². The van der Waals surface area contributed by atoms with Crippen LogP contribution in [0.2, 0.25) is 0 Å². The molecule has 0 spiro atoms. The number of thiazole rings is 1. The van der Waals surface area contributed by atoms with Gasteiger partial charge in [-0.05, 0) is 26.8 Å². The second-order valence-corrected chi connectivity index (χ2v) is 7.40. The van der Waals surface area contributed by atoms with Crippen LogP contribution in [0.15, 0.2) is 12.3 Å². The highest BCUT2D eigenvalue weighted by Crippen LogP contribution is 2.25. The SMILES string of the molecule is COC(=O)/C=C/c1cnc(N2CCN(C(=O)OC(C)(C)C)CC2)s1. The molecule has 1 saturated heterocycles. The Labute approximate surface area is 145 Å². The van der Waals surface area contributed by atoms with E-state index < -0.39 is 11.6 Å². The quantitative estimate of drug-likeness (QED) is 0.614. The number of rotatable bonds is 3. The summed E-state index contributed by atoms with van der Waals surface area (Å²) in [5, 5.41) is 0.878. The number of amides is 1. The third-order valence-corrected chi connectivity index (χ3v) is 4.32. The van der Waals surface area contributed by atoms with E-state index in [1.807, 2.05) is 20.8 Å². The van der Waals surface area contributed by atoms with Gasteiger partial charge in [-0.1, -0.05) is 11.3 Å². The first-order valence-corrected chi connectivity index (χ1v) is 8.55. The van der Waals surface area contributed by atoms with Crippen molar-refractivity contribution in [1.82, 2.24) is 9.88 Å². The molecular weight excluding hydrogens is 330 g/mol. The van der Waals surface area contributed by atoms with E-state index in [4.69, 9.17) is 4.74 Å². The van der Waals surface area contributed by atoms with Gasteiger partial charge < -0.3 is 19.3 Å². The normalized spacial score (nSPS) is 15.7. The minimum Gasteiger partial charge on any atom is -0.466 e. The molecule has 2 rings (SSSR count). The van der Waals surface area contributed by atoms with Crippen molar-refractivity contribution in [2.45, 2.75) is 26.4 Å². The van der Waals surface area contributed by atoms with E-state index in [1.165, 1.54) is 24.5 Å². The molecule has 132 valence electrons. The maximum absolute atomic E-state index is 12.1. The Bertz CT molecular complexity index is 613. The summed E-state index contributed by atoms with van der Waals surface area (Å²) in [5.41, 5.74) is -0.482. The molecule has 1 amide bonds. The fourth-order valence-electron chi connectivity index (χ4n) is 2.13. The lowest BCUT2D eigenvalue weighted by atomic mass is 10.2. The largest absolute Gasteiger partial charge is 0.466 e. The topological polar surface area (TPSA) is 72.0 Å². The molecule has 7 nitrogen and oxygen atoms in total. The number of anilines is 1. The van der Waals surface area contributed by atoms with Gasteiger partial charge >= 0.3 is 12.1 Å². The Morgan fingerprint density at radius 3 is 2.50 bits per heavy atom. The van der Waals surface area contributed by atoms with Crippen LogP contribution in [-0.4, -0.2) is 60.8 Å². The van der Waals surface area contributed by atoms with E-state index >= 15 is 0 Å². The zero-order chi connectivity index (χ0) is 17.7. The van der Waals surface area contributed by atoms with Crippen molar-refractivity contribution in [1.29, 1.82) is 0 Å². The average Bonchev–Trinajstić information content (AvgIpc) is 3.00. The van der Waals surface area contributed by atoms with E-state index in [0.29, 0.717) is 26.2 Å². The summed E-state index contributed by atoms with van der Waals surface area (Å²) in [6.07, 6.45) is 4.50. The first-order chi connectivity index (χ1) is 11.3. The average molecular weight is 353 g/mol. The predicted octanol–water partition coefficient (Wildman–Crippen LogP) is 2.39. The van der Waals surface area contributed by atoms with Gasteiger partial charge in [0.2, 0.25) is 0 Å². The summed E-state index contributed by atoms with van der Waals surface area (Å²) in [6.45, 7) is 8.18. The third-order valence-electron chi connectivity index (χ3n) is 3.30. The van der Waals surface area contributed by atoms with Gasteiger partial charge in [0.15, 0.2) is 5.13 Å². The number of carbonyl (C=O) groups is 2. The molecule has 1 aromatic rings. The molecule has 1 aromatic heterocycles. The Hall–Kier alpha value is -2.09. The number of nitrogens with zero attached hydrogens (tertiary/aromatic N) is 3. The number of aromatic nitrogens is 1. The number of methoxy groups -OCH3 is 1. The molecule has 0 aromatic carbocycles. The van der Waals surface area contributed by atoms with Crippen LogP contribution in [-0.2, 0) is 14.3 Å². The standard InChI is InChI=1S/C16H23N3O4S/c1-16(2,3)23-15(21)19-9-7-18(8-10-19)14-17-11-12(24-14)5-6-13(20)22-4/h5-6,11H,7-10H2,1-4H3/b6-5+. The summed E-state index contributed by atoms with van der Waals surface area (Å²) in [4.78, 5) is 32.3. The smallest absolute Gasteiger partial charge is 0.410 e. The van der Waals surface area contributed by atoms with Crippen LogP contribution in [0, 0.1) is 0 Å². The lowest BCUT2D eigenvalue weighted by Gasteiger charge is -2.35. The van der Waals surface area contributed by atoms with Crippen molar-refractivity contribution in [3.8, 4) is 0 Å². The zero-order valence-electron chi connectivity index (χ0n) is 14.4. The summed E-state index contributed by atoms with van der Waals surface area (Å²) in [5.74, 6) is -0.393. The fraction of sp³-hybridized carbons (Fsp3) is 0.562. The highest BCUT2D eigenvalue weighted by molar-refractivity contribution is 7.16. The molecule has 1 aliphatic rings. The van der Waals surface area contributed by atoms with E-state index in [1.54, 1.807) is 17.2 Å². The molecule has 0 atom stereocenters. The molecule has 0 N–H and O–H groups in total. The monoisotopic (exact) mass is 353 g/mol. The second-order valence-electron chi connectivity index (χ2n) is 6.36. The highest BCUT2D eigenvalue weighted by Gasteiger charge is 2.26. The number of hydrogen-bond donors (Lipinski definition) is 0. The molecule has 0 saturated carbocycles. The van der Waals surface area contributed by atoms with Crippen LogP contribution in [0.3, 0.4) is 0 Å². The van der Waals surface area contributed by atoms with E-state index in [-0.39, 0.29) is 6.09 Å². The maximum atomic E-state index is 12.1. The van der Waals surface area contributed by atoms with Gasteiger partial charge in [0.1, 0.15) is 5.60 Å². The van der Waals surface area contributed by atoms with Crippen molar-refractivity contribution >= 4 is 34.6 Å². The Morgan fingerprint density at radius 2 is 1.92 bits per heavy atom. The van der Waals surface area contributed by atoms with Crippen LogP contribution in [0.25, 0.3) is 6.08 Å². The molecule has 0 unspecified atom stereocenters. The first kappa shape index (κ1) is 18.3. The number of piperazine rings is 1. The molecule has 8 heteroatoms. The summed E-state index contributed by atoms with van der Waals surface area (Å²) < 4.78 is 9.95. The first-order valence-electron chi connectivity index (χ1n) is 7.73. The van der Waals surface area contributed by atoms with Crippen LogP contribution in [0.4, 0.5) is 9.93 Å². The Balaban J connectivity index is 1.89. The van der Waals surface area contributed by atoms with Gasteiger partial charge in [-0.2, -0.15) is 0 Å². The molecule has 2 heterocycles. The fourth-order valence-corrected chi connectivity index (χ4v) is 2.99. The van der Waals surface area contributed by atoms with Crippen molar-refractivity contribution in [2.75, 3.05) is 38.2 Å². The highest BCUT2D eigenvalue weighted by atomic mass is 32.1. The van der Waals surface area contributed by atoms with Crippen LogP contribution < -0.4 is 4.90 Å².